The summed E-state index contributed by atoms with van der Waals surface area (Å²) in [4.78, 5) is 16.0. The number of aromatic nitrogens is 2. The van der Waals surface area contributed by atoms with Crippen LogP contribution in [-0.2, 0) is 6.54 Å². The lowest BCUT2D eigenvalue weighted by Gasteiger charge is -2.10. The SMILES string of the molecule is Cc1cccnc1Cn1c(C(N)=O)cc2ccccc21. The first-order valence-corrected chi connectivity index (χ1v) is 6.45. The van der Waals surface area contributed by atoms with Crippen LogP contribution in [0.25, 0.3) is 10.9 Å². The normalized spacial score (nSPS) is 10.8. The van der Waals surface area contributed by atoms with E-state index in [1.807, 2.05) is 54.0 Å². The zero-order valence-electron chi connectivity index (χ0n) is 11.2. The summed E-state index contributed by atoms with van der Waals surface area (Å²) < 4.78 is 1.92. The number of nitrogens with zero attached hydrogens (tertiary/aromatic N) is 2. The maximum Gasteiger partial charge on any atom is 0.265 e. The number of nitrogens with two attached hydrogens (primary N) is 1. The van der Waals surface area contributed by atoms with Crippen LogP contribution in [0, 0.1) is 6.92 Å². The highest BCUT2D eigenvalue weighted by molar-refractivity contribution is 5.97. The molecule has 0 spiro atoms. The molecule has 4 heteroatoms. The molecule has 1 aromatic carbocycles. The Labute approximate surface area is 116 Å². The molecule has 0 fully saturated rings. The Morgan fingerprint density at radius 2 is 2.05 bits per heavy atom. The molecule has 4 nitrogen and oxygen atoms in total. The zero-order chi connectivity index (χ0) is 14.1. The van der Waals surface area contributed by atoms with Gasteiger partial charge >= 0.3 is 0 Å². The molecule has 0 saturated carbocycles. The van der Waals surface area contributed by atoms with E-state index < -0.39 is 5.91 Å². The minimum atomic E-state index is -0.421. The van der Waals surface area contributed by atoms with Gasteiger partial charge in [-0.3, -0.25) is 9.78 Å². The summed E-state index contributed by atoms with van der Waals surface area (Å²) in [5, 5.41) is 1.01. The minimum Gasteiger partial charge on any atom is -0.364 e. The van der Waals surface area contributed by atoms with E-state index in [4.69, 9.17) is 5.73 Å². The van der Waals surface area contributed by atoms with Crippen LogP contribution in [0.3, 0.4) is 0 Å². The smallest absolute Gasteiger partial charge is 0.265 e. The number of hydrogen-bond acceptors (Lipinski definition) is 2. The molecule has 0 aliphatic carbocycles. The Bertz CT molecular complexity index is 789. The lowest BCUT2D eigenvalue weighted by atomic mass is 10.2. The van der Waals surface area contributed by atoms with Gasteiger partial charge in [0, 0.05) is 17.1 Å². The van der Waals surface area contributed by atoms with Crippen LogP contribution in [0.5, 0.6) is 0 Å². The van der Waals surface area contributed by atoms with Gasteiger partial charge in [-0.1, -0.05) is 24.3 Å². The summed E-state index contributed by atoms with van der Waals surface area (Å²) in [6.45, 7) is 2.55. The number of carbonyl (C=O) groups is 1. The van der Waals surface area contributed by atoms with Crippen molar-refractivity contribution in [3.8, 4) is 0 Å². The van der Waals surface area contributed by atoms with Gasteiger partial charge in [-0.05, 0) is 30.7 Å². The van der Waals surface area contributed by atoms with Gasteiger partial charge in [0.15, 0.2) is 0 Å². The van der Waals surface area contributed by atoms with E-state index in [-0.39, 0.29) is 0 Å². The molecule has 0 bridgehead atoms. The van der Waals surface area contributed by atoms with E-state index in [0.29, 0.717) is 12.2 Å². The number of rotatable bonds is 3. The Morgan fingerprint density at radius 3 is 2.80 bits per heavy atom. The predicted molar refractivity (Wildman–Crippen MR) is 78.5 cm³/mol. The Kier molecular flexibility index (Phi) is 2.99. The summed E-state index contributed by atoms with van der Waals surface area (Å²) in [6, 6.07) is 13.6. The van der Waals surface area contributed by atoms with Crippen molar-refractivity contribution in [2.24, 2.45) is 5.73 Å². The molecule has 0 aliphatic rings. The van der Waals surface area contributed by atoms with Crippen molar-refractivity contribution in [3.05, 3.63) is 65.6 Å². The molecule has 0 unspecified atom stereocenters. The van der Waals surface area contributed by atoms with Gasteiger partial charge in [0.25, 0.3) is 5.91 Å². The summed E-state index contributed by atoms with van der Waals surface area (Å²) in [7, 11) is 0. The Hall–Kier alpha value is -2.62. The third-order valence-electron chi connectivity index (χ3n) is 3.49. The highest BCUT2D eigenvalue weighted by Gasteiger charge is 2.14. The number of amides is 1. The number of aryl methyl sites for hydroxylation is 1. The largest absolute Gasteiger partial charge is 0.364 e. The maximum absolute atomic E-state index is 11.6. The van der Waals surface area contributed by atoms with Crippen molar-refractivity contribution in [1.29, 1.82) is 0 Å². The van der Waals surface area contributed by atoms with Gasteiger partial charge < -0.3 is 10.3 Å². The highest BCUT2D eigenvalue weighted by Crippen LogP contribution is 2.21. The van der Waals surface area contributed by atoms with Crippen molar-refractivity contribution in [2.45, 2.75) is 13.5 Å². The summed E-state index contributed by atoms with van der Waals surface area (Å²) in [6.07, 6.45) is 1.76. The number of carbonyl (C=O) groups excluding carboxylic acids is 1. The van der Waals surface area contributed by atoms with Crippen molar-refractivity contribution >= 4 is 16.8 Å². The number of fused-ring (bicyclic) bond motifs is 1. The Balaban J connectivity index is 2.17. The fourth-order valence-electron chi connectivity index (χ4n) is 2.42. The minimum absolute atomic E-state index is 0.421. The van der Waals surface area contributed by atoms with Gasteiger partial charge in [0.2, 0.25) is 0 Å². The number of benzene rings is 1. The quantitative estimate of drug-likeness (QED) is 0.791. The number of hydrogen-bond donors (Lipinski definition) is 1. The maximum atomic E-state index is 11.6. The monoisotopic (exact) mass is 265 g/mol. The molecule has 3 aromatic rings. The Morgan fingerprint density at radius 1 is 1.25 bits per heavy atom. The standard InChI is InChI=1S/C16H15N3O/c1-11-5-4-8-18-13(11)10-19-14-7-3-2-6-12(14)9-15(19)16(17)20/h2-9H,10H2,1H3,(H2,17,20). The second kappa shape index (κ2) is 4.81. The molecule has 0 radical (unpaired) electrons. The van der Waals surface area contributed by atoms with E-state index in [0.717, 1.165) is 22.2 Å². The van der Waals surface area contributed by atoms with Crippen molar-refractivity contribution in [3.63, 3.8) is 0 Å². The third-order valence-corrected chi connectivity index (χ3v) is 3.49. The predicted octanol–water partition coefficient (Wildman–Crippen LogP) is 2.49. The number of pyridine rings is 1. The van der Waals surface area contributed by atoms with Crippen LogP contribution < -0.4 is 5.73 Å². The molecular formula is C16H15N3O. The van der Waals surface area contributed by atoms with Gasteiger partial charge in [-0.2, -0.15) is 0 Å². The van der Waals surface area contributed by atoms with E-state index in [1.54, 1.807) is 6.20 Å². The number of primary amides is 1. The van der Waals surface area contributed by atoms with E-state index >= 15 is 0 Å². The zero-order valence-corrected chi connectivity index (χ0v) is 11.2. The second-order valence-corrected chi connectivity index (χ2v) is 4.81. The molecule has 0 saturated heterocycles. The molecule has 0 atom stereocenters. The van der Waals surface area contributed by atoms with Crippen LogP contribution in [-0.4, -0.2) is 15.5 Å². The first kappa shape index (κ1) is 12.4. The lowest BCUT2D eigenvalue weighted by molar-refractivity contribution is 0.0992. The van der Waals surface area contributed by atoms with Crippen LogP contribution >= 0.6 is 0 Å². The fraction of sp³-hybridized carbons (Fsp3) is 0.125. The van der Waals surface area contributed by atoms with Crippen LogP contribution in [0.4, 0.5) is 0 Å². The average Bonchev–Trinajstić information content (AvgIpc) is 2.81. The van der Waals surface area contributed by atoms with Crippen molar-refractivity contribution in [1.82, 2.24) is 9.55 Å². The molecule has 2 N–H and O–H groups in total. The number of para-hydroxylation sites is 1. The average molecular weight is 265 g/mol. The molecule has 3 rings (SSSR count). The van der Waals surface area contributed by atoms with Crippen LogP contribution in [0.15, 0.2) is 48.7 Å². The summed E-state index contributed by atoms with van der Waals surface area (Å²) in [5.41, 5.74) is 9.03. The summed E-state index contributed by atoms with van der Waals surface area (Å²) >= 11 is 0. The topological polar surface area (TPSA) is 60.9 Å². The first-order valence-electron chi connectivity index (χ1n) is 6.45. The fourth-order valence-corrected chi connectivity index (χ4v) is 2.42. The van der Waals surface area contributed by atoms with Gasteiger partial charge in [0.1, 0.15) is 5.69 Å². The summed E-state index contributed by atoms with van der Waals surface area (Å²) in [5.74, 6) is -0.421. The first-order chi connectivity index (χ1) is 9.66. The van der Waals surface area contributed by atoms with E-state index in [2.05, 4.69) is 4.98 Å². The van der Waals surface area contributed by atoms with Crippen molar-refractivity contribution < 1.29 is 4.79 Å². The van der Waals surface area contributed by atoms with Gasteiger partial charge in [-0.15, -0.1) is 0 Å². The molecular weight excluding hydrogens is 250 g/mol. The lowest BCUT2D eigenvalue weighted by Crippen LogP contribution is -2.17. The van der Waals surface area contributed by atoms with Crippen molar-refractivity contribution in [2.75, 3.05) is 0 Å². The molecule has 2 heterocycles. The molecule has 20 heavy (non-hydrogen) atoms. The molecule has 100 valence electrons. The third kappa shape index (κ3) is 2.05. The van der Waals surface area contributed by atoms with Gasteiger partial charge in [0.05, 0.1) is 12.2 Å². The van der Waals surface area contributed by atoms with E-state index in [1.165, 1.54) is 0 Å². The molecule has 1 amide bonds. The van der Waals surface area contributed by atoms with Gasteiger partial charge in [-0.25, -0.2) is 0 Å². The molecule has 0 aliphatic heterocycles. The van der Waals surface area contributed by atoms with E-state index in [9.17, 15) is 4.79 Å². The second-order valence-electron chi connectivity index (χ2n) is 4.81. The van der Waals surface area contributed by atoms with Crippen LogP contribution in [0.2, 0.25) is 0 Å². The highest BCUT2D eigenvalue weighted by atomic mass is 16.1. The molecule has 2 aromatic heterocycles. The van der Waals surface area contributed by atoms with Crippen LogP contribution in [0.1, 0.15) is 21.7 Å².